The molecule has 1 aliphatic heterocycles. The molecule has 0 fully saturated rings. The van der Waals surface area contributed by atoms with Gasteiger partial charge in [-0.05, 0) is 67.8 Å². The normalized spacial score (nSPS) is 15.7. The van der Waals surface area contributed by atoms with Crippen molar-refractivity contribution in [1.29, 1.82) is 0 Å². The third kappa shape index (κ3) is 4.79. The topological polar surface area (TPSA) is 95.6 Å². The van der Waals surface area contributed by atoms with Crippen molar-refractivity contribution < 1.29 is 18.0 Å². The number of hydrogen-bond donors (Lipinski definition) is 2. The third-order valence-corrected chi connectivity index (χ3v) is 6.49. The molecule has 0 radical (unpaired) electrons. The number of aryl methyl sites for hydroxylation is 1. The molecule has 29 heavy (non-hydrogen) atoms. The van der Waals surface area contributed by atoms with Gasteiger partial charge in [0.15, 0.2) is 0 Å². The lowest BCUT2D eigenvalue weighted by molar-refractivity contribution is -0.115. The first-order chi connectivity index (χ1) is 13.6. The number of rotatable bonds is 5. The number of hydrogen-bond acceptors (Lipinski definition) is 4. The number of carbonyl (C=O) groups excluding carboxylic acids is 2. The summed E-state index contributed by atoms with van der Waals surface area (Å²) in [6, 6.07) is 10.2. The average molecular weight is 480 g/mol. The molecule has 0 spiro atoms. The molecule has 154 valence electrons. The molecule has 0 saturated carbocycles. The summed E-state index contributed by atoms with van der Waals surface area (Å²) in [7, 11) is -3.38. The van der Waals surface area contributed by atoms with E-state index in [1.165, 1.54) is 10.6 Å². The zero-order chi connectivity index (χ0) is 21.3. The van der Waals surface area contributed by atoms with E-state index in [9.17, 15) is 18.0 Å². The molecule has 0 unspecified atom stereocenters. The largest absolute Gasteiger partial charge is 0.343 e. The Morgan fingerprint density at radius 1 is 1.21 bits per heavy atom. The Kier molecular flexibility index (Phi) is 6.00. The molecule has 1 heterocycles. The summed E-state index contributed by atoms with van der Waals surface area (Å²) < 4.78 is 26.3. The summed E-state index contributed by atoms with van der Waals surface area (Å²) in [5, 5.41) is 5.37. The first kappa shape index (κ1) is 21.3. The summed E-state index contributed by atoms with van der Waals surface area (Å²) in [6.07, 6.45) is 1.71. The molecule has 2 amide bonds. The zero-order valence-electron chi connectivity index (χ0n) is 16.3. The Balaban J connectivity index is 1.65. The highest BCUT2D eigenvalue weighted by molar-refractivity contribution is 9.10. The predicted molar refractivity (Wildman–Crippen MR) is 117 cm³/mol. The quantitative estimate of drug-likeness (QED) is 0.688. The molecule has 7 nitrogen and oxygen atoms in total. The van der Waals surface area contributed by atoms with Gasteiger partial charge in [0.2, 0.25) is 15.9 Å². The minimum absolute atomic E-state index is 0.169. The second-order valence-electron chi connectivity index (χ2n) is 7.15. The van der Waals surface area contributed by atoms with Crippen LogP contribution < -0.4 is 14.9 Å². The molecule has 1 atom stereocenters. The number of amides is 2. The van der Waals surface area contributed by atoms with E-state index in [1.54, 1.807) is 24.3 Å². The number of sulfonamides is 1. The van der Waals surface area contributed by atoms with Crippen LogP contribution in [-0.4, -0.2) is 39.1 Å². The smallest absolute Gasteiger partial charge is 0.251 e. The van der Waals surface area contributed by atoms with Crippen LogP contribution in [0, 0.1) is 6.92 Å². The van der Waals surface area contributed by atoms with Crippen LogP contribution in [0.3, 0.4) is 0 Å². The first-order valence-corrected chi connectivity index (χ1v) is 11.7. The van der Waals surface area contributed by atoms with E-state index < -0.39 is 10.0 Å². The summed E-state index contributed by atoms with van der Waals surface area (Å²) in [5.41, 5.74) is 3.37. The molecule has 2 N–H and O–H groups in total. The number of nitrogens with zero attached hydrogens (tertiary/aromatic N) is 1. The van der Waals surface area contributed by atoms with Gasteiger partial charge in [-0.3, -0.25) is 13.9 Å². The molecule has 2 aromatic carbocycles. The standard InChI is InChI=1S/C20H22BrN3O4S/c1-12-8-16(21)5-6-17(12)23-19(25)11-22-20(26)14-4-7-18-15(10-14)9-13(2)24(18)29(3,27)28/h4-8,10,13H,9,11H2,1-3H3,(H,22,26)(H,23,25)/t13-/m1/s1. The molecule has 0 aliphatic carbocycles. The summed E-state index contributed by atoms with van der Waals surface area (Å²) >= 11 is 3.37. The van der Waals surface area contributed by atoms with Gasteiger partial charge >= 0.3 is 0 Å². The lowest BCUT2D eigenvalue weighted by atomic mass is 10.1. The molecule has 2 aromatic rings. The van der Waals surface area contributed by atoms with Crippen molar-refractivity contribution >= 4 is 49.1 Å². The fourth-order valence-corrected chi connectivity index (χ4v) is 5.21. The van der Waals surface area contributed by atoms with Crippen LogP contribution in [0.1, 0.15) is 28.4 Å². The van der Waals surface area contributed by atoms with E-state index in [-0.39, 0.29) is 24.4 Å². The van der Waals surface area contributed by atoms with Gasteiger partial charge in [0.1, 0.15) is 0 Å². The van der Waals surface area contributed by atoms with E-state index in [2.05, 4.69) is 26.6 Å². The van der Waals surface area contributed by atoms with Crippen LogP contribution >= 0.6 is 15.9 Å². The predicted octanol–water partition coefficient (Wildman–Crippen LogP) is 2.84. The van der Waals surface area contributed by atoms with Crippen LogP contribution in [0.2, 0.25) is 0 Å². The van der Waals surface area contributed by atoms with Gasteiger partial charge in [-0.25, -0.2) is 8.42 Å². The van der Waals surface area contributed by atoms with E-state index in [4.69, 9.17) is 0 Å². The minimum atomic E-state index is -3.38. The number of carbonyl (C=O) groups is 2. The highest BCUT2D eigenvalue weighted by Crippen LogP contribution is 2.34. The van der Waals surface area contributed by atoms with Crippen molar-refractivity contribution in [3.05, 3.63) is 57.6 Å². The molecule has 9 heteroatoms. The monoisotopic (exact) mass is 479 g/mol. The average Bonchev–Trinajstić information content (AvgIpc) is 2.97. The van der Waals surface area contributed by atoms with Crippen molar-refractivity contribution in [2.45, 2.75) is 26.3 Å². The van der Waals surface area contributed by atoms with Crippen LogP contribution in [0.5, 0.6) is 0 Å². The summed E-state index contributed by atoms with van der Waals surface area (Å²) in [6.45, 7) is 3.54. The Bertz CT molecular complexity index is 1090. The third-order valence-electron chi connectivity index (χ3n) is 4.72. The van der Waals surface area contributed by atoms with Gasteiger partial charge in [-0.2, -0.15) is 0 Å². The highest BCUT2D eigenvalue weighted by atomic mass is 79.9. The fourth-order valence-electron chi connectivity index (χ4n) is 3.47. The molecule has 1 aliphatic rings. The number of anilines is 2. The van der Waals surface area contributed by atoms with E-state index in [1.807, 2.05) is 26.0 Å². The Hall–Kier alpha value is -2.39. The number of nitrogens with one attached hydrogen (secondary N) is 2. The van der Waals surface area contributed by atoms with Gasteiger partial charge < -0.3 is 10.6 Å². The van der Waals surface area contributed by atoms with E-state index >= 15 is 0 Å². The minimum Gasteiger partial charge on any atom is -0.343 e. The van der Waals surface area contributed by atoms with Crippen LogP contribution in [0.15, 0.2) is 40.9 Å². The first-order valence-electron chi connectivity index (χ1n) is 9.03. The number of halogens is 1. The second kappa shape index (κ2) is 8.16. The Labute approximate surface area is 178 Å². The molecule has 0 aromatic heterocycles. The molecular formula is C20H22BrN3O4S. The zero-order valence-corrected chi connectivity index (χ0v) is 18.7. The van der Waals surface area contributed by atoms with Gasteiger partial charge in [-0.1, -0.05) is 15.9 Å². The van der Waals surface area contributed by atoms with Crippen molar-refractivity contribution in [3.8, 4) is 0 Å². The van der Waals surface area contributed by atoms with E-state index in [0.717, 1.165) is 15.6 Å². The van der Waals surface area contributed by atoms with Crippen molar-refractivity contribution in [2.24, 2.45) is 0 Å². The SMILES string of the molecule is Cc1cc(Br)ccc1NC(=O)CNC(=O)c1ccc2c(c1)C[C@@H](C)N2S(C)(=O)=O. The lowest BCUT2D eigenvalue weighted by Crippen LogP contribution is -2.34. The molecular weight excluding hydrogens is 458 g/mol. The maximum Gasteiger partial charge on any atom is 0.251 e. The van der Waals surface area contributed by atoms with Gasteiger partial charge in [0.25, 0.3) is 5.91 Å². The Morgan fingerprint density at radius 3 is 2.59 bits per heavy atom. The van der Waals surface area contributed by atoms with E-state index in [0.29, 0.717) is 23.4 Å². The molecule has 0 bridgehead atoms. The summed E-state index contributed by atoms with van der Waals surface area (Å²) in [4.78, 5) is 24.6. The lowest BCUT2D eigenvalue weighted by Gasteiger charge is -2.21. The second-order valence-corrected chi connectivity index (χ2v) is 9.92. The fraction of sp³-hybridized carbons (Fsp3) is 0.300. The summed E-state index contributed by atoms with van der Waals surface area (Å²) in [5.74, 6) is -0.720. The van der Waals surface area contributed by atoms with Crippen molar-refractivity contribution in [2.75, 3.05) is 22.4 Å². The van der Waals surface area contributed by atoms with Crippen LogP contribution in [0.25, 0.3) is 0 Å². The maximum atomic E-state index is 12.4. The van der Waals surface area contributed by atoms with Crippen LogP contribution in [-0.2, 0) is 21.2 Å². The van der Waals surface area contributed by atoms with Gasteiger partial charge in [0, 0.05) is 21.8 Å². The maximum absolute atomic E-state index is 12.4. The molecule has 3 rings (SSSR count). The number of benzene rings is 2. The van der Waals surface area contributed by atoms with Crippen molar-refractivity contribution in [1.82, 2.24) is 5.32 Å². The number of fused-ring (bicyclic) bond motifs is 1. The Morgan fingerprint density at radius 2 is 1.93 bits per heavy atom. The van der Waals surface area contributed by atoms with Crippen LogP contribution in [0.4, 0.5) is 11.4 Å². The molecule has 0 saturated heterocycles. The highest BCUT2D eigenvalue weighted by Gasteiger charge is 2.32. The van der Waals surface area contributed by atoms with Crippen molar-refractivity contribution in [3.63, 3.8) is 0 Å². The van der Waals surface area contributed by atoms with Gasteiger partial charge in [-0.15, -0.1) is 0 Å². The van der Waals surface area contributed by atoms with Gasteiger partial charge in [0.05, 0.1) is 18.5 Å².